The molecule has 0 bridgehead atoms. The molecule has 2 aromatic carbocycles. The minimum Gasteiger partial charge on any atom is -0.395 e. The smallest absolute Gasteiger partial charge is 0.395 e. The van der Waals surface area contributed by atoms with Crippen LogP contribution in [0.2, 0.25) is 5.02 Å². The Morgan fingerprint density at radius 3 is 2.21 bits per heavy atom. The Balaban J connectivity index is 1.99. The number of allylic oxidation sites excluding steroid dienone is 2. The number of alkyl halides is 3. The van der Waals surface area contributed by atoms with Gasteiger partial charge in [0.2, 0.25) is 0 Å². The van der Waals surface area contributed by atoms with Gasteiger partial charge in [-0.05, 0) is 36.8 Å². The van der Waals surface area contributed by atoms with Crippen LogP contribution in [0.1, 0.15) is 22.3 Å². The second kappa shape index (κ2) is 8.06. The second-order valence-corrected chi connectivity index (χ2v) is 6.68. The van der Waals surface area contributed by atoms with Crippen molar-refractivity contribution in [1.29, 1.82) is 0 Å². The van der Waals surface area contributed by atoms with Crippen molar-refractivity contribution in [3.8, 4) is 0 Å². The fourth-order valence-electron chi connectivity index (χ4n) is 2.57. The third-order valence-electron chi connectivity index (χ3n) is 4.28. The van der Waals surface area contributed by atoms with Gasteiger partial charge in [-0.25, -0.2) is 4.99 Å². The lowest BCUT2D eigenvalue weighted by atomic mass is 10.0. The topological polar surface area (TPSA) is 58.7 Å². The van der Waals surface area contributed by atoms with Crippen molar-refractivity contribution in [3.63, 3.8) is 0 Å². The summed E-state index contributed by atoms with van der Waals surface area (Å²) >= 11 is 6.07. The van der Waals surface area contributed by atoms with Gasteiger partial charge in [0.25, 0.3) is 5.91 Å². The zero-order valence-electron chi connectivity index (χ0n) is 14.7. The van der Waals surface area contributed by atoms with Crippen LogP contribution in [0.3, 0.4) is 0 Å². The van der Waals surface area contributed by atoms with Crippen molar-refractivity contribution >= 4 is 28.9 Å². The normalized spacial score (nSPS) is 15.4. The second-order valence-electron chi connectivity index (χ2n) is 6.27. The number of para-hydroxylation sites is 1. The molecular formula is C20H17ClF3N3O. The summed E-state index contributed by atoms with van der Waals surface area (Å²) in [4.78, 5) is 18.2. The average molecular weight is 408 g/mol. The fraction of sp³-hybridized carbons (Fsp3) is 0.200. The molecular weight excluding hydrogens is 391 g/mol. The van der Waals surface area contributed by atoms with Crippen LogP contribution in [0.15, 0.2) is 65.3 Å². The predicted octanol–water partition coefficient (Wildman–Crippen LogP) is 4.71. The number of likely N-dealkylation sites (tertiary alicyclic amines) is 1. The summed E-state index contributed by atoms with van der Waals surface area (Å²) in [6, 6.07) is 12.8. The molecule has 1 aliphatic rings. The van der Waals surface area contributed by atoms with E-state index in [1.54, 1.807) is 53.4 Å². The third kappa shape index (κ3) is 4.54. The van der Waals surface area contributed by atoms with Crippen molar-refractivity contribution < 1.29 is 18.0 Å². The number of hydrogen-bond acceptors (Lipinski definition) is 3. The molecule has 2 N–H and O–H groups in total. The minimum absolute atomic E-state index is 0.00845. The molecule has 1 aliphatic heterocycles. The zero-order chi connectivity index (χ0) is 20.3. The Morgan fingerprint density at radius 1 is 1.07 bits per heavy atom. The largest absolute Gasteiger partial charge is 0.430 e. The van der Waals surface area contributed by atoms with E-state index in [0.717, 1.165) is 12.5 Å². The molecule has 0 saturated carbocycles. The summed E-state index contributed by atoms with van der Waals surface area (Å²) in [5, 5.41) is 0.295. The maximum absolute atomic E-state index is 12.9. The first-order valence-corrected chi connectivity index (χ1v) is 8.91. The SMILES string of the molecule is NC(=CC(=Nc1ccccc1Cl)c1ccc(C(=O)N2CCC2)cc1)C(F)(F)F. The molecule has 2 aromatic rings. The van der Waals surface area contributed by atoms with Gasteiger partial charge in [-0.15, -0.1) is 0 Å². The lowest BCUT2D eigenvalue weighted by Gasteiger charge is -2.30. The molecule has 146 valence electrons. The maximum Gasteiger partial charge on any atom is 0.430 e. The molecule has 3 rings (SSSR count). The van der Waals surface area contributed by atoms with E-state index in [-0.39, 0.29) is 11.6 Å². The van der Waals surface area contributed by atoms with Crippen molar-refractivity contribution in [2.45, 2.75) is 12.6 Å². The third-order valence-corrected chi connectivity index (χ3v) is 4.60. The van der Waals surface area contributed by atoms with Crippen LogP contribution >= 0.6 is 11.6 Å². The predicted molar refractivity (Wildman–Crippen MR) is 103 cm³/mol. The number of carbonyl (C=O) groups excluding carboxylic acids is 1. The molecule has 0 aliphatic carbocycles. The fourth-order valence-corrected chi connectivity index (χ4v) is 2.74. The number of amides is 1. The molecule has 1 saturated heterocycles. The number of nitrogens with two attached hydrogens (primary N) is 1. The van der Waals surface area contributed by atoms with Crippen LogP contribution in [0.4, 0.5) is 18.9 Å². The van der Waals surface area contributed by atoms with Gasteiger partial charge in [0, 0.05) is 24.2 Å². The number of benzene rings is 2. The highest BCUT2D eigenvalue weighted by atomic mass is 35.5. The van der Waals surface area contributed by atoms with Gasteiger partial charge in [-0.1, -0.05) is 35.9 Å². The number of nitrogens with zero attached hydrogens (tertiary/aromatic N) is 2. The number of halogens is 4. The highest BCUT2D eigenvalue weighted by molar-refractivity contribution is 6.33. The molecule has 0 unspecified atom stereocenters. The van der Waals surface area contributed by atoms with Gasteiger partial charge in [-0.2, -0.15) is 13.2 Å². The van der Waals surface area contributed by atoms with Crippen LogP contribution < -0.4 is 5.73 Å². The molecule has 0 radical (unpaired) electrons. The summed E-state index contributed by atoms with van der Waals surface area (Å²) in [5.74, 6) is -0.104. The van der Waals surface area contributed by atoms with Gasteiger partial charge in [0.15, 0.2) is 0 Å². The first-order chi connectivity index (χ1) is 13.3. The number of rotatable bonds is 4. The van der Waals surface area contributed by atoms with E-state index in [4.69, 9.17) is 17.3 Å². The standard InChI is InChI=1S/C20H17ClF3N3O/c21-15-4-1-2-5-16(15)26-17(12-18(25)20(22,23)24)13-6-8-14(9-7-13)19(28)27-10-3-11-27/h1-2,4-9,12H,3,10-11,25H2. The van der Waals surface area contributed by atoms with E-state index >= 15 is 0 Å². The lowest BCUT2D eigenvalue weighted by molar-refractivity contribution is -0.0925. The number of hydrogen-bond donors (Lipinski definition) is 1. The Hall–Kier alpha value is -2.80. The molecule has 1 amide bonds. The van der Waals surface area contributed by atoms with E-state index in [1.165, 1.54) is 0 Å². The summed E-state index contributed by atoms with van der Waals surface area (Å²) in [6.45, 7) is 1.43. The monoisotopic (exact) mass is 407 g/mol. The van der Waals surface area contributed by atoms with Crippen molar-refractivity contribution in [2.24, 2.45) is 10.7 Å². The molecule has 0 spiro atoms. The van der Waals surface area contributed by atoms with Crippen molar-refractivity contribution in [3.05, 3.63) is 76.5 Å². The van der Waals surface area contributed by atoms with E-state index in [9.17, 15) is 18.0 Å². The Labute approximate surface area is 165 Å². The molecule has 0 aromatic heterocycles. The maximum atomic E-state index is 12.9. The van der Waals surface area contributed by atoms with Gasteiger partial charge in [-0.3, -0.25) is 4.79 Å². The highest BCUT2D eigenvalue weighted by Gasteiger charge is 2.32. The van der Waals surface area contributed by atoms with Gasteiger partial charge >= 0.3 is 6.18 Å². The molecule has 1 heterocycles. The highest BCUT2D eigenvalue weighted by Crippen LogP contribution is 2.27. The van der Waals surface area contributed by atoms with Crippen molar-refractivity contribution in [1.82, 2.24) is 4.90 Å². The number of aliphatic imine (C=N–C) groups is 1. The van der Waals surface area contributed by atoms with Crippen LogP contribution in [-0.4, -0.2) is 35.8 Å². The minimum atomic E-state index is -4.69. The van der Waals surface area contributed by atoms with E-state index < -0.39 is 11.9 Å². The molecule has 1 fully saturated rings. The lowest BCUT2D eigenvalue weighted by Crippen LogP contribution is -2.41. The quantitative estimate of drug-likeness (QED) is 0.746. The van der Waals surface area contributed by atoms with Crippen LogP contribution in [0.5, 0.6) is 0 Å². The summed E-state index contributed by atoms with van der Waals surface area (Å²) in [5.41, 5.74) is 5.06. The van der Waals surface area contributed by atoms with Crippen molar-refractivity contribution in [2.75, 3.05) is 13.1 Å². The zero-order valence-corrected chi connectivity index (χ0v) is 15.5. The average Bonchev–Trinajstić information content (AvgIpc) is 2.60. The van der Waals surface area contributed by atoms with E-state index in [1.807, 2.05) is 0 Å². The van der Waals surface area contributed by atoms with Crippen LogP contribution in [0, 0.1) is 0 Å². The van der Waals surface area contributed by atoms with E-state index in [0.29, 0.717) is 34.9 Å². The summed E-state index contributed by atoms with van der Waals surface area (Å²) < 4.78 is 38.8. The first kappa shape index (κ1) is 19.9. The molecule has 0 atom stereocenters. The Kier molecular flexibility index (Phi) is 5.74. The van der Waals surface area contributed by atoms with Gasteiger partial charge in [0.05, 0.1) is 16.4 Å². The summed E-state index contributed by atoms with van der Waals surface area (Å²) in [7, 11) is 0. The number of carbonyl (C=O) groups is 1. The molecule has 4 nitrogen and oxygen atoms in total. The Bertz CT molecular complexity index is 932. The summed E-state index contributed by atoms with van der Waals surface area (Å²) in [6.07, 6.45) is -2.95. The Morgan fingerprint density at radius 2 is 1.68 bits per heavy atom. The first-order valence-electron chi connectivity index (χ1n) is 8.53. The van der Waals surface area contributed by atoms with E-state index in [2.05, 4.69) is 4.99 Å². The molecule has 8 heteroatoms. The van der Waals surface area contributed by atoms with Crippen LogP contribution in [0.25, 0.3) is 0 Å². The van der Waals surface area contributed by atoms with Crippen LogP contribution in [-0.2, 0) is 0 Å². The van der Waals surface area contributed by atoms with Gasteiger partial charge in [0.1, 0.15) is 5.70 Å². The molecule has 28 heavy (non-hydrogen) atoms. The van der Waals surface area contributed by atoms with Gasteiger partial charge < -0.3 is 10.6 Å².